The largest absolute Gasteiger partial charge is 0.378 e. The van der Waals surface area contributed by atoms with Gasteiger partial charge in [0.15, 0.2) is 6.10 Å². The quantitative estimate of drug-likeness (QED) is 0.442. The number of aliphatic hydroxyl groups is 1. The highest BCUT2D eigenvalue weighted by molar-refractivity contribution is 7.12. The second-order valence-electron chi connectivity index (χ2n) is 6.00. The normalized spacial score (nSPS) is 12.3. The highest BCUT2D eigenvalue weighted by Gasteiger charge is 2.16. The van der Waals surface area contributed by atoms with Crippen LogP contribution in [0, 0.1) is 0 Å². The Morgan fingerprint density at radius 2 is 1.71 bits per heavy atom. The Balaban J connectivity index is 1.60. The molecule has 0 saturated heterocycles. The number of rotatable bonds is 6. The first kappa shape index (κ1) is 19.5. The number of nitrogens with one attached hydrogen (secondary N) is 2. The predicted molar refractivity (Wildman–Crippen MR) is 110 cm³/mol. The molecule has 3 aromatic rings. The number of carbonyl (C=O) groups excluding carboxylic acids is 2. The second kappa shape index (κ2) is 9.07. The molecule has 0 saturated carbocycles. The van der Waals surface area contributed by atoms with Crippen molar-refractivity contribution in [2.75, 3.05) is 5.32 Å². The van der Waals surface area contributed by atoms with Crippen molar-refractivity contribution in [3.8, 4) is 0 Å². The molecule has 0 aliphatic carbocycles. The molecule has 0 radical (unpaired) electrons. The van der Waals surface area contributed by atoms with Crippen LogP contribution < -0.4 is 10.7 Å². The van der Waals surface area contributed by atoms with Crippen LogP contribution in [0.1, 0.15) is 33.8 Å². The number of anilines is 1. The van der Waals surface area contributed by atoms with Crippen LogP contribution in [0.5, 0.6) is 0 Å². The molecule has 3 N–H and O–H groups in total. The molecule has 6 nitrogen and oxygen atoms in total. The summed E-state index contributed by atoms with van der Waals surface area (Å²) in [5.74, 6) is -0.763. The minimum Gasteiger partial charge on any atom is -0.378 e. The lowest BCUT2D eigenvalue weighted by Gasteiger charge is -2.10. The first-order valence-electron chi connectivity index (χ1n) is 8.57. The molecule has 1 heterocycles. The Morgan fingerprint density at radius 1 is 1.00 bits per heavy atom. The van der Waals surface area contributed by atoms with Crippen LogP contribution in [-0.4, -0.2) is 22.6 Å². The molecule has 2 aromatic carbocycles. The van der Waals surface area contributed by atoms with E-state index in [9.17, 15) is 14.7 Å². The summed E-state index contributed by atoms with van der Waals surface area (Å²) in [5, 5.41) is 18.8. The number of hydrazone groups is 1. The third-order valence-electron chi connectivity index (χ3n) is 4.00. The molecule has 1 aromatic heterocycles. The highest BCUT2D eigenvalue weighted by atomic mass is 32.1. The maximum atomic E-state index is 12.1. The summed E-state index contributed by atoms with van der Waals surface area (Å²) in [5.41, 5.74) is 4.89. The molecule has 0 bridgehead atoms. The summed E-state index contributed by atoms with van der Waals surface area (Å²) < 4.78 is 0. The van der Waals surface area contributed by atoms with E-state index in [0.29, 0.717) is 21.8 Å². The Labute approximate surface area is 166 Å². The number of hydrogen-bond donors (Lipinski definition) is 3. The Morgan fingerprint density at radius 3 is 2.36 bits per heavy atom. The van der Waals surface area contributed by atoms with Crippen LogP contribution in [0.2, 0.25) is 0 Å². The molecule has 0 aliphatic heterocycles. The van der Waals surface area contributed by atoms with Gasteiger partial charge in [0.25, 0.3) is 11.8 Å². The van der Waals surface area contributed by atoms with Gasteiger partial charge in [-0.3, -0.25) is 9.59 Å². The van der Waals surface area contributed by atoms with E-state index in [-0.39, 0.29) is 5.91 Å². The van der Waals surface area contributed by atoms with Gasteiger partial charge in [0.2, 0.25) is 0 Å². The molecular weight excluding hydrogens is 374 g/mol. The monoisotopic (exact) mass is 393 g/mol. The summed E-state index contributed by atoms with van der Waals surface area (Å²) in [6.07, 6.45) is -1.28. The average Bonchev–Trinajstić information content (AvgIpc) is 3.27. The summed E-state index contributed by atoms with van der Waals surface area (Å²) in [6.45, 7) is 1.74. The van der Waals surface area contributed by atoms with Crippen LogP contribution in [0.15, 0.2) is 77.2 Å². The first-order chi connectivity index (χ1) is 13.5. The van der Waals surface area contributed by atoms with Crippen molar-refractivity contribution in [1.29, 1.82) is 0 Å². The molecular formula is C21H19N3O3S. The number of hydrogen-bond acceptors (Lipinski definition) is 5. The minimum atomic E-state index is -1.28. The Kier molecular flexibility index (Phi) is 6.31. The van der Waals surface area contributed by atoms with Crippen molar-refractivity contribution >= 4 is 34.6 Å². The van der Waals surface area contributed by atoms with Crippen molar-refractivity contribution in [3.63, 3.8) is 0 Å². The third kappa shape index (κ3) is 4.91. The van der Waals surface area contributed by atoms with Crippen LogP contribution >= 0.6 is 11.3 Å². The van der Waals surface area contributed by atoms with Crippen molar-refractivity contribution in [1.82, 2.24) is 5.43 Å². The molecule has 0 fully saturated rings. The standard InChI is InChI=1S/C21H19N3O3S/c1-14(23-24-21(27)19(25)16-6-3-2-4-7-16)15-9-11-17(12-10-15)22-20(26)18-8-5-13-28-18/h2-13,19,25H,1H3,(H,22,26)(H,24,27). The average molecular weight is 393 g/mol. The molecule has 0 aliphatic rings. The zero-order chi connectivity index (χ0) is 19.9. The van der Waals surface area contributed by atoms with Gasteiger partial charge in [-0.2, -0.15) is 5.10 Å². The van der Waals surface area contributed by atoms with E-state index < -0.39 is 12.0 Å². The number of aliphatic hydroxyl groups excluding tert-OH is 1. The van der Waals surface area contributed by atoms with E-state index in [2.05, 4.69) is 15.8 Å². The molecule has 142 valence electrons. The second-order valence-corrected chi connectivity index (χ2v) is 6.94. The van der Waals surface area contributed by atoms with Gasteiger partial charge in [-0.15, -0.1) is 11.3 Å². The number of carbonyl (C=O) groups is 2. The van der Waals surface area contributed by atoms with Gasteiger partial charge in [-0.05, 0) is 41.6 Å². The summed E-state index contributed by atoms with van der Waals surface area (Å²) in [7, 11) is 0. The molecule has 28 heavy (non-hydrogen) atoms. The van der Waals surface area contributed by atoms with Gasteiger partial charge in [0.05, 0.1) is 10.6 Å². The fraction of sp³-hybridized carbons (Fsp3) is 0.0952. The maximum Gasteiger partial charge on any atom is 0.273 e. The van der Waals surface area contributed by atoms with Gasteiger partial charge in [-0.25, -0.2) is 5.43 Å². The van der Waals surface area contributed by atoms with Crippen LogP contribution in [-0.2, 0) is 4.79 Å². The fourth-order valence-electron chi connectivity index (χ4n) is 2.45. The van der Waals surface area contributed by atoms with Gasteiger partial charge >= 0.3 is 0 Å². The van der Waals surface area contributed by atoms with Gasteiger partial charge in [-0.1, -0.05) is 48.5 Å². The van der Waals surface area contributed by atoms with Gasteiger partial charge < -0.3 is 10.4 Å². The van der Waals surface area contributed by atoms with Crippen molar-refractivity contribution in [2.45, 2.75) is 13.0 Å². The van der Waals surface area contributed by atoms with E-state index in [1.54, 1.807) is 61.5 Å². The highest BCUT2D eigenvalue weighted by Crippen LogP contribution is 2.15. The molecule has 3 rings (SSSR count). The summed E-state index contributed by atoms with van der Waals surface area (Å²) in [6, 6.07) is 19.4. The zero-order valence-electron chi connectivity index (χ0n) is 15.1. The molecule has 1 atom stereocenters. The number of thiophene rings is 1. The van der Waals surface area contributed by atoms with E-state index in [1.165, 1.54) is 11.3 Å². The van der Waals surface area contributed by atoms with E-state index in [4.69, 9.17) is 0 Å². The van der Waals surface area contributed by atoms with Crippen molar-refractivity contribution in [2.24, 2.45) is 5.10 Å². The molecule has 7 heteroatoms. The topological polar surface area (TPSA) is 90.8 Å². The maximum absolute atomic E-state index is 12.1. The zero-order valence-corrected chi connectivity index (χ0v) is 15.9. The van der Waals surface area contributed by atoms with Crippen LogP contribution in [0.25, 0.3) is 0 Å². The lowest BCUT2D eigenvalue weighted by atomic mass is 10.1. The smallest absolute Gasteiger partial charge is 0.273 e. The molecule has 2 amide bonds. The van der Waals surface area contributed by atoms with Crippen LogP contribution in [0.4, 0.5) is 5.69 Å². The molecule has 1 unspecified atom stereocenters. The fourth-order valence-corrected chi connectivity index (χ4v) is 3.07. The van der Waals surface area contributed by atoms with Crippen molar-refractivity contribution in [3.05, 3.63) is 88.1 Å². The van der Waals surface area contributed by atoms with E-state index >= 15 is 0 Å². The van der Waals surface area contributed by atoms with Crippen molar-refractivity contribution < 1.29 is 14.7 Å². The SMILES string of the molecule is CC(=NNC(=O)C(O)c1ccccc1)c1ccc(NC(=O)c2cccs2)cc1. The molecule has 0 spiro atoms. The number of amides is 2. The third-order valence-corrected chi connectivity index (χ3v) is 4.87. The Hall–Kier alpha value is -3.29. The van der Waals surface area contributed by atoms with E-state index in [1.807, 2.05) is 17.5 Å². The minimum absolute atomic E-state index is 0.157. The van der Waals surface area contributed by atoms with Gasteiger partial charge in [0.1, 0.15) is 0 Å². The summed E-state index contributed by atoms with van der Waals surface area (Å²) in [4.78, 5) is 24.7. The Bertz CT molecular complexity index is 968. The number of nitrogens with zero attached hydrogens (tertiary/aromatic N) is 1. The summed E-state index contributed by atoms with van der Waals surface area (Å²) >= 11 is 1.38. The predicted octanol–water partition coefficient (Wildman–Crippen LogP) is 3.57. The van der Waals surface area contributed by atoms with Crippen LogP contribution in [0.3, 0.4) is 0 Å². The number of benzene rings is 2. The first-order valence-corrected chi connectivity index (χ1v) is 9.45. The lowest BCUT2D eigenvalue weighted by Crippen LogP contribution is -2.26. The lowest BCUT2D eigenvalue weighted by molar-refractivity contribution is -0.129. The van der Waals surface area contributed by atoms with Gasteiger partial charge in [0, 0.05) is 5.69 Å². The van der Waals surface area contributed by atoms with E-state index in [0.717, 1.165) is 5.56 Å².